The first-order valence-corrected chi connectivity index (χ1v) is 6.66. The molecule has 1 unspecified atom stereocenters. The van der Waals surface area contributed by atoms with E-state index in [0.717, 1.165) is 16.8 Å². The Kier molecular flexibility index (Phi) is 2.26. The lowest BCUT2D eigenvalue weighted by Crippen LogP contribution is -2.32. The van der Waals surface area contributed by atoms with Crippen molar-refractivity contribution in [2.75, 3.05) is 11.1 Å². The molecule has 1 heterocycles. The zero-order valence-corrected chi connectivity index (χ0v) is 9.98. The van der Waals surface area contributed by atoms with E-state index < -0.39 is 9.84 Å². The van der Waals surface area contributed by atoms with E-state index in [4.69, 9.17) is 0 Å². The van der Waals surface area contributed by atoms with Crippen molar-refractivity contribution in [3.05, 3.63) is 23.3 Å². The Morgan fingerprint density at radius 1 is 1.27 bits per heavy atom. The minimum absolute atomic E-state index is 0.0111. The number of benzene rings is 1. The maximum absolute atomic E-state index is 12.0. The Morgan fingerprint density at radius 3 is 2.53 bits per heavy atom. The topological polar surface area (TPSA) is 46.2 Å². The monoisotopic (exact) mass is 225 g/mol. The standard InChI is InChI=1S/C11H15NO2S/c1-7-4-5-8(2)11-10(7)12-9(3)6-15(11,13)14/h4-5,9,12H,6H2,1-3H3. The molecule has 0 amide bonds. The van der Waals surface area contributed by atoms with Crippen LogP contribution in [0.4, 0.5) is 5.69 Å². The van der Waals surface area contributed by atoms with Gasteiger partial charge in [0.15, 0.2) is 9.84 Å². The van der Waals surface area contributed by atoms with Gasteiger partial charge in [-0.3, -0.25) is 0 Å². The molecule has 0 saturated carbocycles. The maximum Gasteiger partial charge on any atom is 0.182 e. The summed E-state index contributed by atoms with van der Waals surface area (Å²) in [5.74, 6) is 0.185. The van der Waals surface area contributed by atoms with Gasteiger partial charge in [0, 0.05) is 6.04 Å². The molecular formula is C11H15NO2S. The summed E-state index contributed by atoms with van der Waals surface area (Å²) in [7, 11) is -3.11. The molecule has 4 heteroatoms. The molecule has 0 fully saturated rings. The van der Waals surface area contributed by atoms with Gasteiger partial charge >= 0.3 is 0 Å². The van der Waals surface area contributed by atoms with E-state index in [1.165, 1.54) is 0 Å². The van der Waals surface area contributed by atoms with Gasteiger partial charge < -0.3 is 5.32 Å². The molecule has 1 aliphatic heterocycles. The minimum atomic E-state index is -3.11. The van der Waals surface area contributed by atoms with E-state index in [9.17, 15) is 8.42 Å². The summed E-state index contributed by atoms with van der Waals surface area (Å²) in [6, 6.07) is 3.81. The minimum Gasteiger partial charge on any atom is -0.380 e. The summed E-state index contributed by atoms with van der Waals surface area (Å²) in [5.41, 5.74) is 2.61. The van der Waals surface area contributed by atoms with Crippen LogP contribution < -0.4 is 5.32 Å². The van der Waals surface area contributed by atoms with E-state index in [2.05, 4.69) is 5.32 Å². The molecular weight excluding hydrogens is 210 g/mol. The van der Waals surface area contributed by atoms with Gasteiger partial charge in [-0.25, -0.2) is 8.42 Å². The molecule has 1 atom stereocenters. The zero-order valence-electron chi connectivity index (χ0n) is 9.16. The summed E-state index contributed by atoms with van der Waals surface area (Å²) < 4.78 is 24.0. The lowest BCUT2D eigenvalue weighted by atomic mass is 10.1. The Labute approximate surface area is 90.4 Å². The highest BCUT2D eigenvalue weighted by Gasteiger charge is 2.30. The summed E-state index contributed by atoms with van der Waals surface area (Å²) in [6.45, 7) is 5.66. The first kappa shape index (κ1) is 10.5. The summed E-state index contributed by atoms with van der Waals surface area (Å²) in [6.07, 6.45) is 0. The fraction of sp³-hybridized carbons (Fsp3) is 0.455. The van der Waals surface area contributed by atoms with Crippen LogP contribution in [-0.2, 0) is 9.84 Å². The molecule has 1 aliphatic rings. The van der Waals surface area contributed by atoms with Crippen LogP contribution in [0.15, 0.2) is 17.0 Å². The fourth-order valence-corrected chi connectivity index (χ4v) is 4.06. The molecule has 0 radical (unpaired) electrons. The summed E-state index contributed by atoms with van der Waals surface area (Å²) in [5, 5.41) is 3.25. The second kappa shape index (κ2) is 3.23. The molecule has 0 saturated heterocycles. The van der Waals surface area contributed by atoms with Gasteiger partial charge in [0.1, 0.15) is 0 Å². The molecule has 3 nitrogen and oxygen atoms in total. The molecule has 1 N–H and O–H groups in total. The normalized spacial score (nSPS) is 23.0. The van der Waals surface area contributed by atoms with E-state index in [-0.39, 0.29) is 11.8 Å². The van der Waals surface area contributed by atoms with Crippen LogP contribution in [0, 0.1) is 13.8 Å². The van der Waals surface area contributed by atoms with Crippen molar-refractivity contribution < 1.29 is 8.42 Å². The number of anilines is 1. The number of aryl methyl sites for hydroxylation is 2. The fourth-order valence-electron chi connectivity index (χ4n) is 2.07. The molecule has 0 aromatic heterocycles. The Hall–Kier alpha value is -1.03. The van der Waals surface area contributed by atoms with Gasteiger partial charge in [0.2, 0.25) is 0 Å². The zero-order chi connectivity index (χ0) is 11.2. The largest absolute Gasteiger partial charge is 0.380 e. The third-order valence-electron chi connectivity index (χ3n) is 2.73. The number of rotatable bonds is 0. The molecule has 0 bridgehead atoms. The lowest BCUT2D eigenvalue weighted by molar-refractivity contribution is 0.588. The SMILES string of the molecule is Cc1ccc(C)c2c1NC(C)CS2(=O)=O. The van der Waals surface area contributed by atoms with E-state index >= 15 is 0 Å². The molecule has 1 aromatic carbocycles. The molecule has 15 heavy (non-hydrogen) atoms. The Bertz CT molecular complexity index is 506. The third kappa shape index (κ3) is 1.63. The highest BCUT2D eigenvalue weighted by Crippen LogP contribution is 2.33. The number of hydrogen-bond acceptors (Lipinski definition) is 3. The molecule has 82 valence electrons. The predicted octanol–water partition coefficient (Wildman–Crippen LogP) is 1.89. The second-order valence-electron chi connectivity index (χ2n) is 4.23. The van der Waals surface area contributed by atoms with Crippen molar-refractivity contribution >= 4 is 15.5 Å². The van der Waals surface area contributed by atoms with Crippen molar-refractivity contribution in [3.8, 4) is 0 Å². The summed E-state index contributed by atoms with van der Waals surface area (Å²) in [4.78, 5) is 0.487. The van der Waals surface area contributed by atoms with Crippen LogP contribution in [0.25, 0.3) is 0 Å². The van der Waals surface area contributed by atoms with E-state index in [1.54, 1.807) is 0 Å². The smallest absolute Gasteiger partial charge is 0.182 e. The van der Waals surface area contributed by atoms with Crippen molar-refractivity contribution in [2.45, 2.75) is 31.7 Å². The predicted molar refractivity (Wildman–Crippen MR) is 61.1 cm³/mol. The van der Waals surface area contributed by atoms with Crippen LogP contribution in [0.2, 0.25) is 0 Å². The molecule has 0 aliphatic carbocycles. The second-order valence-corrected chi connectivity index (χ2v) is 6.20. The average Bonchev–Trinajstić information content (AvgIpc) is 2.09. The first-order chi connectivity index (χ1) is 6.92. The first-order valence-electron chi connectivity index (χ1n) is 5.01. The Balaban J connectivity index is 2.78. The Morgan fingerprint density at radius 2 is 1.87 bits per heavy atom. The third-order valence-corrected chi connectivity index (χ3v) is 4.82. The van der Waals surface area contributed by atoms with Crippen molar-refractivity contribution in [3.63, 3.8) is 0 Å². The van der Waals surface area contributed by atoms with Gasteiger partial charge in [-0.15, -0.1) is 0 Å². The number of hydrogen-bond donors (Lipinski definition) is 1. The van der Waals surface area contributed by atoms with Crippen molar-refractivity contribution in [1.82, 2.24) is 0 Å². The summed E-state index contributed by atoms with van der Waals surface area (Å²) >= 11 is 0. The quantitative estimate of drug-likeness (QED) is 0.733. The van der Waals surface area contributed by atoms with Crippen molar-refractivity contribution in [1.29, 1.82) is 0 Å². The average molecular weight is 225 g/mol. The molecule has 1 aromatic rings. The number of fused-ring (bicyclic) bond motifs is 1. The van der Waals surface area contributed by atoms with Crippen LogP contribution in [0.3, 0.4) is 0 Å². The van der Waals surface area contributed by atoms with Gasteiger partial charge in [0.05, 0.1) is 16.3 Å². The van der Waals surface area contributed by atoms with Crippen LogP contribution in [0.5, 0.6) is 0 Å². The van der Waals surface area contributed by atoms with Crippen molar-refractivity contribution in [2.24, 2.45) is 0 Å². The number of nitrogens with one attached hydrogen (secondary N) is 1. The van der Waals surface area contributed by atoms with Gasteiger partial charge in [-0.1, -0.05) is 12.1 Å². The maximum atomic E-state index is 12.0. The van der Waals surface area contributed by atoms with Gasteiger partial charge in [-0.2, -0.15) is 0 Å². The highest BCUT2D eigenvalue weighted by atomic mass is 32.2. The van der Waals surface area contributed by atoms with E-state index in [1.807, 2.05) is 32.9 Å². The molecule has 0 spiro atoms. The van der Waals surface area contributed by atoms with Crippen LogP contribution in [-0.4, -0.2) is 20.2 Å². The molecule has 2 rings (SSSR count). The lowest BCUT2D eigenvalue weighted by Gasteiger charge is -2.26. The number of sulfone groups is 1. The van der Waals surface area contributed by atoms with Crippen LogP contribution in [0.1, 0.15) is 18.1 Å². The van der Waals surface area contributed by atoms with Gasteiger partial charge in [-0.05, 0) is 31.9 Å². The highest BCUT2D eigenvalue weighted by molar-refractivity contribution is 7.91. The van der Waals surface area contributed by atoms with E-state index in [0.29, 0.717) is 4.90 Å². The van der Waals surface area contributed by atoms with Crippen LogP contribution >= 0.6 is 0 Å². The van der Waals surface area contributed by atoms with Gasteiger partial charge in [0.25, 0.3) is 0 Å².